The summed E-state index contributed by atoms with van der Waals surface area (Å²) in [5.74, 6) is 0. The predicted octanol–water partition coefficient (Wildman–Crippen LogP) is 2.94. The molecule has 0 aromatic carbocycles. The molecule has 1 heteroatoms. The standard InChI is InChI=1S/C7H9N.C2H6/c8-6-7-4-2-1-3-5-7;1-2/h1-2,4,6,8H,3,5H2;1-2H3. The van der Waals surface area contributed by atoms with Crippen molar-refractivity contribution in [3.63, 3.8) is 0 Å². The van der Waals surface area contributed by atoms with E-state index in [0.29, 0.717) is 0 Å². The van der Waals surface area contributed by atoms with E-state index in [2.05, 4.69) is 6.08 Å². The second-order valence-corrected chi connectivity index (χ2v) is 1.85. The van der Waals surface area contributed by atoms with Crippen LogP contribution in [-0.2, 0) is 0 Å². The Balaban J connectivity index is 0.000000371. The molecule has 0 spiro atoms. The van der Waals surface area contributed by atoms with Crippen LogP contribution in [0.15, 0.2) is 23.8 Å². The fraction of sp³-hybridized carbons (Fsp3) is 0.444. The van der Waals surface area contributed by atoms with Crippen LogP contribution in [0.1, 0.15) is 26.7 Å². The monoisotopic (exact) mass is 137 g/mol. The summed E-state index contributed by atoms with van der Waals surface area (Å²) in [5, 5.41) is 6.87. The molecule has 1 N–H and O–H groups in total. The number of hydrogen-bond donors (Lipinski definition) is 1. The topological polar surface area (TPSA) is 23.9 Å². The lowest BCUT2D eigenvalue weighted by atomic mass is 10.1. The first-order valence-corrected chi connectivity index (χ1v) is 3.79. The second kappa shape index (κ2) is 6.27. The van der Waals surface area contributed by atoms with Crippen molar-refractivity contribution in [2.24, 2.45) is 0 Å². The number of allylic oxidation sites excluding steroid dienone is 4. The van der Waals surface area contributed by atoms with E-state index in [1.54, 1.807) is 0 Å². The lowest BCUT2D eigenvalue weighted by Gasteiger charge is -1.99. The maximum absolute atomic E-state index is 6.87. The Bertz CT molecular complexity index is 143. The van der Waals surface area contributed by atoms with Gasteiger partial charge in [0.15, 0.2) is 0 Å². The molecule has 0 saturated carbocycles. The Morgan fingerprint density at radius 2 is 2.20 bits per heavy atom. The van der Waals surface area contributed by atoms with Crippen LogP contribution in [0.4, 0.5) is 0 Å². The summed E-state index contributed by atoms with van der Waals surface area (Å²) in [4.78, 5) is 0. The molecule has 0 heterocycles. The van der Waals surface area contributed by atoms with Crippen molar-refractivity contribution in [3.8, 4) is 0 Å². The predicted molar refractivity (Wildman–Crippen MR) is 46.6 cm³/mol. The van der Waals surface area contributed by atoms with Crippen LogP contribution in [-0.4, -0.2) is 6.21 Å². The zero-order valence-corrected chi connectivity index (χ0v) is 6.72. The Hall–Kier alpha value is -0.850. The van der Waals surface area contributed by atoms with Crippen LogP contribution in [0.25, 0.3) is 0 Å². The average molecular weight is 137 g/mol. The maximum atomic E-state index is 6.87. The van der Waals surface area contributed by atoms with Crippen molar-refractivity contribution >= 4 is 6.21 Å². The Labute approximate surface area is 63.0 Å². The van der Waals surface area contributed by atoms with Gasteiger partial charge in [0.2, 0.25) is 0 Å². The lowest BCUT2D eigenvalue weighted by molar-refractivity contribution is 1.01. The molecule has 56 valence electrons. The molecule has 0 amide bonds. The van der Waals surface area contributed by atoms with Crippen molar-refractivity contribution in [1.82, 2.24) is 0 Å². The zero-order valence-electron chi connectivity index (χ0n) is 6.72. The third-order valence-electron chi connectivity index (χ3n) is 1.23. The first kappa shape index (κ1) is 9.15. The molecule has 10 heavy (non-hydrogen) atoms. The molecule has 1 rings (SSSR count). The largest absolute Gasteiger partial charge is 0.308 e. The highest BCUT2D eigenvalue weighted by molar-refractivity contribution is 5.76. The maximum Gasteiger partial charge on any atom is 0.0209 e. The van der Waals surface area contributed by atoms with Gasteiger partial charge in [-0.2, -0.15) is 0 Å². The van der Waals surface area contributed by atoms with E-state index in [0.717, 1.165) is 18.4 Å². The molecule has 0 unspecified atom stereocenters. The molecule has 0 aromatic rings. The van der Waals surface area contributed by atoms with E-state index in [-0.39, 0.29) is 0 Å². The molecule has 1 aliphatic carbocycles. The Kier molecular flexibility index (Phi) is 5.74. The Morgan fingerprint density at radius 3 is 2.50 bits per heavy atom. The number of rotatable bonds is 1. The fourth-order valence-corrected chi connectivity index (χ4v) is 0.741. The molecule has 0 atom stereocenters. The van der Waals surface area contributed by atoms with Gasteiger partial charge in [-0.3, -0.25) is 0 Å². The minimum atomic E-state index is 1.04. The molecule has 0 saturated heterocycles. The molecule has 1 aliphatic rings. The van der Waals surface area contributed by atoms with Crippen LogP contribution < -0.4 is 0 Å². The third-order valence-corrected chi connectivity index (χ3v) is 1.23. The van der Waals surface area contributed by atoms with Crippen molar-refractivity contribution in [2.45, 2.75) is 26.7 Å². The normalized spacial score (nSPS) is 14.8. The van der Waals surface area contributed by atoms with Gasteiger partial charge in [-0.25, -0.2) is 0 Å². The van der Waals surface area contributed by atoms with Gasteiger partial charge in [-0.1, -0.05) is 32.1 Å². The van der Waals surface area contributed by atoms with E-state index in [1.165, 1.54) is 6.21 Å². The molecule has 0 bridgehead atoms. The van der Waals surface area contributed by atoms with Crippen LogP contribution in [0, 0.1) is 5.41 Å². The smallest absolute Gasteiger partial charge is 0.0209 e. The number of hydrogen-bond acceptors (Lipinski definition) is 1. The average Bonchev–Trinajstić information content (AvgIpc) is 2.10. The molecule has 1 nitrogen and oxygen atoms in total. The summed E-state index contributed by atoms with van der Waals surface area (Å²) < 4.78 is 0. The van der Waals surface area contributed by atoms with Crippen LogP contribution in [0.5, 0.6) is 0 Å². The SMILES string of the molecule is CC.N=CC1=CC=CCC1. The minimum Gasteiger partial charge on any atom is -0.308 e. The van der Waals surface area contributed by atoms with Crippen LogP contribution >= 0.6 is 0 Å². The van der Waals surface area contributed by atoms with Gasteiger partial charge in [0.1, 0.15) is 0 Å². The van der Waals surface area contributed by atoms with Crippen LogP contribution in [0.2, 0.25) is 0 Å². The van der Waals surface area contributed by atoms with Crippen molar-refractivity contribution < 1.29 is 0 Å². The summed E-state index contributed by atoms with van der Waals surface area (Å²) in [6, 6.07) is 0. The summed E-state index contributed by atoms with van der Waals surface area (Å²) in [7, 11) is 0. The first-order valence-electron chi connectivity index (χ1n) is 3.79. The molecular weight excluding hydrogens is 122 g/mol. The van der Waals surface area contributed by atoms with E-state index in [9.17, 15) is 0 Å². The zero-order chi connectivity index (χ0) is 7.82. The molecule has 0 fully saturated rings. The van der Waals surface area contributed by atoms with Gasteiger partial charge in [0.25, 0.3) is 0 Å². The second-order valence-electron chi connectivity index (χ2n) is 1.85. The molecule has 0 aliphatic heterocycles. The van der Waals surface area contributed by atoms with E-state index in [1.807, 2.05) is 26.0 Å². The quantitative estimate of drug-likeness (QED) is 0.537. The first-order chi connectivity index (χ1) is 4.93. The third kappa shape index (κ3) is 3.23. The van der Waals surface area contributed by atoms with Gasteiger partial charge in [0, 0.05) is 6.21 Å². The highest BCUT2D eigenvalue weighted by Gasteiger charge is 1.92. The molecule has 0 radical (unpaired) electrons. The summed E-state index contributed by atoms with van der Waals surface area (Å²) in [6.45, 7) is 4.00. The van der Waals surface area contributed by atoms with Gasteiger partial charge in [-0.05, 0) is 18.4 Å². The lowest BCUT2D eigenvalue weighted by Crippen LogP contribution is -1.85. The minimum absolute atomic E-state index is 1.04. The highest BCUT2D eigenvalue weighted by atomic mass is 14.3. The molecule has 0 aromatic heterocycles. The van der Waals surface area contributed by atoms with Crippen LogP contribution in [0.3, 0.4) is 0 Å². The van der Waals surface area contributed by atoms with Crippen molar-refractivity contribution in [1.29, 1.82) is 5.41 Å². The molecular formula is C9H15N. The summed E-state index contributed by atoms with van der Waals surface area (Å²) in [5.41, 5.74) is 1.13. The summed E-state index contributed by atoms with van der Waals surface area (Å²) in [6.07, 6.45) is 9.66. The van der Waals surface area contributed by atoms with Gasteiger partial charge < -0.3 is 5.41 Å². The van der Waals surface area contributed by atoms with Gasteiger partial charge in [0.05, 0.1) is 0 Å². The summed E-state index contributed by atoms with van der Waals surface area (Å²) >= 11 is 0. The van der Waals surface area contributed by atoms with Crippen molar-refractivity contribution in [2.75, 3.05) is 0 Å². The van der Waals surface area contributed by atoms with Gasteiger partial charge in [-0.15, -0.1) is 0 Å². The van der Waals surface area contributed by atoms with Gasteiger partial charge >= 0.3 is 0 Å². The Morgan fingerprint density at radius 1 is 1.50 bits per heavy atom. The van der Waals surface area contributed by atoms with E-state index < -0.39 is 0 Å². The van der Waals surface area contributed by atoms with E-state index in [4.69, 9.17) is 5.41 Å². The van der Waals surface area contributed by atoms with E-state index >= 15 is 0 Å². The fourth-order valence-electron chi connectivity index (χ4n) is 0.741. The number of nitrogens with one attached hydrogen (secondary N) is 1. The van der Waals surface area contributed by atoms with Crippen molar-refractivity contribution in [3.05, 3.63) is 23.8 Å². The highest BCUT2D eigenvalue weighted by Crippen LogP contribution is 2.07.